The zero-order chi connectivity index (χ0) is 14.5. The molecule has 0 aliphatic carbocycles. The molecule has 0 bridgehead atoms. The quantitative estimate of drug-likeness (QED) is 0.866. The zero-order valence-electron chi connectivity index (χ0n) is 10.1. The van der Waals surface area contributed by atoms with E-state index in [1.807, 2.05) is 6.07 Å². The molecule has 0 amide bonds. The second-order valence-corrected chi connectivity index (χ2v) is 4.20. The van der Waals surface area contributed by atoms with Crippen molar-refractivity contribution in [1.82, 2.24) is 9.97 Å². The summed E-state index contributed by atoms with van der Waals surface area (Å²) >= 11 is 5.65. The standard InChI is InChI=1S/C13H8ClN3O3/c14-11-2-10(6-18)13(17-12(11)19)20-7-9-1-8(3-15)4-16-5-9/h1-2,4-6H,7H2,(H,17,19). The molecule has 1 N–H and O–H groups in total. The molecule has 0 saturated heterocycles. The molecule has 0 aliphatic heterocycles. The number of hydrogen-bond acceptors (Lipinski definition) is 6. The Morgan fingerprint density at radius 3 is 2.95 bits per heavy atom. The first-order valence-corrected chi connectivity index (χ1v) is 5.83. The Kier molecular flexibility index (Phi) is 4.13. The van der Waals surface area contributed by atoms with Gasteiger partial charge in [-0.05, 0) is 12.1 Å². The number of aromatic hydroxyl groups is 1. The van der Waals surface area contributed by atoms with Crippen LogP contribution in [0.2, 0.25) is 5.02 Å². The van der Waals surface area contributed by atoms with Gasteiger partial charge in [0.2, 0.25) is 11.8 Å². The molecule has 0 fully saturated rings. The number of halogens is 1. The monoisotopic (exact) mass is 289 g/mol. The molecule has 0 unspecified atom stereocenters. The fourth-order valence-electron chi connectivity index (χ4n) is 1.46. The van der Waals surface area contributed by atoms with Crippen LogP contribution >= 0.6 is 11.6 Å². The molecule has 20 heavy (non-hydrogen) atoms. The average molecular weight is 290 g/mol. The van der Waals surface area contributed by atoms with Crippen LogP contribution < -0.4 is 4.74 Å². The van der Waals surface area contributed by atoms with Crippen LogP contribution in [-0.2, 0) is 6.61 Å². The first-order valence-electron chi connectivity index (χ1n) is 5.45. The lowest BCUT2D eigenvalue weighted by Gasteiger charge is -2.08. The van der Waals surface area contributed by atoms with Gasteiger partial charge in [-0.25, -0.2) is 0 Å². The fraction of sp³-hybridized carbons (Fsp3) is 0.0769. The maximum absolute atomic E-state index is 10.9. The van der Waals surface area contributed by atoms with Crippen molar-refractivity contribution in [2.75, 3.05) is 0 Å². The highest BCUT2D eigenvalue weighted by atomic mass is 35.5. The molecule has 2 aromatic rings. The van der Waals surface area contributed by atoms with E-state index in [4.69, 9.17) is 21.6 Å². The molecule has 0 aliphatic rings. The molecule has 7 heteroatoms. The normalized spacial score (nSPS) is 9.80. The minimum atomic E-state index is -0.420. The number of carbonyl (C=O) groups is 1. The molecule has 0 aromatic carbocycles. The Labute approximate surface area is 119 Å². The molecule has 2 heterocycles. The van der Waals surface area contributed by atoms with E-state index in [-0.39, 0.29) is 23.1 Å². The average Bonchev–Trinajstić information content (AvgIpc) is 2.48. The van der Waals surface area contributed by atoms with Gasteiger partial charge in [-0.15, -0.1) is 0 Å². The van der Waals surface area contributed by atoms with Crippen LogP contribution in [-0.4, -0.2) is 21.4 Å². The summed E-state index contributed by atoms with van der Waals surface area (Å²) in [5.41, 5.74) is 1.16. The third-order valence-corrected chi connectivity index (χ3v) is 2.65. The SMILES string of the molecule is N#Cc1cncc(COc2nc(O)c(Cl)cc2C=O)c1. The molecule has 2 aromatic heterocycles. The summed E-state index contributed by atoms with van der Waals surface area (Å²) in [5.74, 6) is -0.458. The van der Waals surface area contributed by atoms with Gasteiger partial charge in [0.1, 0.15) is 17.7 Å². The Bertz CT molecular complexity index is 698. The number of hydrogen-bond donors (Lipinski definition) is 1. The van der Waals surface area contributed by atoms with Gasteiger partial charge in [0, 0.05) is 18.0 Å². The van der Waals surface area contributed by atoms with Crippen molar-refractivity contribution in [3.05, 3.63) is 46.2 Å². The Morgan fingerprint density at radius 2 is 2.25 bits per heavy atom. The summed E-state index contributed by atoms with van der Waals surface area (Å²) in [5, 5.41) is 18.1. The van der Waals surface area contributed by atoms with Gasteiger partial charge >= 0.3 is 0 Å². The lowest BCUT2D eigenvalue weighted by atomic mass is 10.2. The molecular formula is C13H8ClN3O3. The highest BCUT2D eigenvalue weighted by molar-refractivity contribution is 6.32. The highest BCUT2D eigenvalue weighted by Gasteiger charge is 2.11. The second kappa shape index (κ2) is 5.99. The fourth-order valence-corrected chi connectivity index (χ4v) is 1.62. The zero-order valence-corrected chi connectivity index (χ0v) is 10.8. The van der Waals surface area contributed by atoms with Gasteiger partial charge < -0.3 is 9.84 Å². The molecule has 6 nitrogen and oxygen atoms in total. The van der Waals surface area contributed by atoms with E-state index in [2.05, 4.69) is 9.97 Å². The largest absolute Gasteiger partial charge is 0.492 e. The maximum atomic E-state index is 10.9. The number of rotatable bonds is 4. The van der Waals surface area contributed by atoms with Crippen molar-refractivity contribution in [3.8, 4) is 17.8 Å². The molecule has 0 saturated carbocycles. The lowest BCUT2D eigenvalue weighted by molar-refractivity contribution is 0.111. The number of aldehydes is 1. The molecular weight excluding hydrogens is 282 g/mol. The van der Waals surface area contributed by atoms with Crippen LogP contribution in [0.4, 0.5) is 0 Å². The van der Waals surface area contributed by atoms with Crippen LogP contribution in [0.25, 0.3) is 0 Å². The number of aromatic nitrogens is 2. The summed E-state index contributed by atoms with van der Waals surface area (Å²) < 4.78 is 5.34. The van der Waals surface area contributed by atoms with Gasteiger partial charge in [-0.1, -0.05) is 11.6 Å². The molecule has 0 spiro atoms. The van der Waals surface area contributed by atoms with E-state index < -0.39 is 5.88 Å². The first-order chi connectivity index (χ1) is 9.63. The third kappa shape index (κ3) is 3.02. The van der Waals surface area contributed by atoms with Crippen LogP contribution in [0.15, 0.2) is 24.5 Å². The summed E-state index contributed by atoms with van der Waals surface area (Å²) in [6.45, 7) is 0.0530. The van der Waals surface area contributed by atoms with E-state index in [1.54, 1.807) is 6.07 Å². The summed E-state index contributed by atoms with van der Waals surface area (Å²) in [7, 11) is 0. The van der Waals surface area contributed by atoms with Crippen molar-refractivity contribution in [1.29, 1.82) is 5.26 Å². The molecule has 0 atom stereocenters. The topological polar surface area (TPSA) is 96.1 Å². The minimum Gasteiger partial charge on any atom is -0.492 e. The number of ether oxygens (including phenoxy) is 1. The van der Waals surface area contributed by atoms with Crippen LogP contribution in [0, 0.1) is 11.3 Å². The summed E-state index contributed by atoms with van der Waals surface area (Å²) in [6.07, 6.45) is 3.47. The Morgan fingerprint density at radius 1 is 1.45 bits per heavy atom. The van der Waals surface area contributed by atoms with Gasteiger partial charge in [-0.3, -0.25) is 9.78 Å². The van der Waals surface area contributed by atoms with E-state index in [0.717, 1.165) is 0 Å². The van der Waals surface area contributed by atoms with Crippen LogP contribution in [0.1, 0.15) is 21.5 Å². The predicted octanol–water partition coefficient (Wildman–Crippen LogP) is 2.10. The Balaban J connectivity index is 2.20. The number of nitriles is 1. The number of nitrogens with zero attached hydrogens (tertiary/aromatic N) is 3. The van der Waals surface area contributed by atoms with Gasteiger partial charge in [0.15, 0.2) is 6.29 Å². The van der Waals surface area contributed by atoms with Gasteiger partial charge in [0.05, 0.1) is 11.1 Å². The van der Waals surface area contributed by atoms with Crippen molar-refractivity contribution in [3.63, 3.8) is 0 Å². The smallest absolute Gasteiger partial charge is 0.233 e. The second-order valence-electron chi connectivity index (χ2n) is 3.79. The van der Waals surface area contributed by atoms with Crippen molar-refractivity contribution < 1.29 is 14.6 Å². The van der Waals surface area contributed by atoms with Crippen molar-refractivity contribution in [2.45, 2.75) is 6.61 Å². The molecule has 100 valence electrons. The van der Waals surface area contributed by atoms with E-state index in [1.165, 1.54) is 18.5 Å². The van der Waals surface area contributed by atoms with E-state index in [0.29, 0.717) is 17.4 Å². The highest BCUT2D eigenvalue weighted by Crippen LogP contribution is 2.27. The van der Waals surface area contributed by atoms with Gasteiger partial charge in [0.25, 0.3) is 0 Å². The summed E-state index contributed by atoms with van der Waals surface area (Å²) in [4.78, 5) is 18.5. The van der Waals surface area contributed by atoms with Crippen molar-refractivity contribution in [2.24, 2.45) is 0 Å². The number of carbonyl (C=O) groups excluding carboxylic acids is 1. The minimum absolute atomic E-state index is 0.0346. The maximum Gasteiger partial charge on any atom is 0.233 e. The number of pyridine rings is 2. The van der Waals surface area contributed by atoms with E-state index >= 15 is 0 Å². The molecule has 0 radical (unpaired) electrons. The van der Waals surface area contributed by atoms with Crippen molar-refractivity contribution >= 4 is 17.9 Å². The van der Waals surface area contributed by atoms with Crippen LogP contribution in [0.5, 0.6) is 11.8 Å². The van der Waals surface area contributed by atoms with E-state index in [9.17, 15) is 9.90 Å². The van der Waals surface area contributed by atoms with Gasteiger partial charge in [-0.2, -0.15) is 10.2 Å². The summed E-state index contributed by atoms with van der Waals surface area (Å²) in [6, 6.07) is 4.82. The third-order valence-electron chi connectivity index (χ3n) is 2.38. The predicted molar refractivity (Wildman–Crippen MR) is 69.6 cm³/mol. The lowest BCUT2D eigenvalue weighted by Crippen LogP contribution is -2.01. The molecule has 2 rings (SSSR count). The first kappa shape index (κ1) is 13.8. The van der Waals surface area contributed by atoms with Crippen LogP contribution in [0.3, 0.4) is 0 Å². The Hall–Kier alpha value is -2.65.